The summed E-state index contributed by atoms with van der Waals surface area (Å²) in [6, 6.07) is 8.96. The number of aromatic nitrogens is 2. The van der Waals surface area contributed by atoms with Crippen LogP contribution in [0.4, 0.5) is 0 Å². The first-order chi connectivity index (χ1) is 5.88. The van der Waals surface area contributed by atoms with Gasteiger partial charge in [0.15, 0.2) is 0 Å². The summed E-state index contributed by atoms with van der Waals surface area (Å²) in [6.07, 6.45) is 1.65. The normalized spacial score (nSPS) is 9.23. The van der Waals surface area contributed by atoms with E-state index in [0.29, 0.717) is 0 Å². The molecule has 1 aromatic heterocycles. The lowest BCUT2D eigenvalue weighted by Crippen LogP contribution is -1.77. The van der Waals surface area contributed by atoms with Crippen LogP contribution in [0.15, 0.2) is 36.5 Å². The maximum absolute atomic E-state index is 9.43. The molecule has 0 radical (unpaired) electrons. The lowest BCUT2D eigenvalue weighted by Gasteiger charge is -1.99. The van der Waals surface area contributed by atoms with Gasteiger partial charge in [0.25, 0.3) is 0 Å². The molecule has 1 heterocycles. The molecule has 0 saturated carbocycles. The van der Waals surface area contributed by atoms with E-state index in [2.05, 4.69) is 10.2 Å². The van der Waals surface area contributed by atoms with Gasteiger partial charge in [0.05, 0.1) is 5.69 Å². The number of phenolic OH excluding ortho intramolecular Hbond substituents is 1. The van der Waals surface area contributed by atoms with Crippen molar-refractivity contribution in [3.8, 4) is 17.0 Å². The maximum atomic E-state index is 9.43. The molecule has 2 rings (SSSR count). The molecule has 4 heteroatoms. The summed E-state index contributed by atoms with van der Waals surface area (Å²) in [5, 5.41) is 16.0. The first-order valence-electron chi connectivity index (χ1n) is 3.65. The number of para-hydroxylation sites is 1. The third-order valence-electron chi connectivity index (χ3n) is 1.69. The minimum absolute atomic E-state index is 0. The fourth-order valence-corrected chi connectivity index (χ4v) is 1.11. The Bertz CT molecular complexity index is 373. The molecule has 0 aliphatic rings. The van der Waals surface area contributed by atoms with Crippen LogP contribution in [-0.4, -0.2) is 15.3 Å². The molecule has 2 N–H and O–H groups in total. The Labute approximate surface area is 81.8 Å². The first kappa shape index (κ1) is 9.61. The molecule has 0 fully saturated rings. The van der Waals surface area contributed by atoms with Crippen LogP contribution in [0.3, 0.4) is 0 Å². The van der Waals surface area contributed by atoms with Crippen LogP contribution in [0, 0.1) is 0 Å². The standard InChI is InChI=1S/C9H8N2O.ClH/c12-9-4-2-1-3-7(9)8-5-6-10-11-8;/h1-6,12H,(H,10,11);1H. The van der Waals surface area contributed by atoms with E-state index in [9.17, 15) is 5.11 Å². The van der Waals surface area contributed by atoms with E-state index in [1.165, 1.54) is 0 Å². The van der Waals surface area contributed by atoms with Crippen molar-refractivity contribution in [2.24, 2.45) is 0 Å². The van der Waals surface area contributed by atoms with Crippen LogP contribution in [0.1, 0.15) is 0 Å². The van der Waals surface area contributed by atoms with Gasteiger partial charge in [-0.2, -0.15) is 5.10 Å². The molecule has 0 amide bonds. The Kier molecular flexibility index (Phi) is 2.93. The number of nitrogens with zero attached hydrogens (tertiary/aromatic N) is 1. The van der Waals surface area contributed by atoms with Gasteiger partial charge in [0, 0.05) is 11.8 Å². The van der Waals surface area contributed by atoms with Gasteiger partial charge in [-0.3, -0.25) is 5.10 Å². The molecule has 2 aromatic rings. The van der Waals surface area contributed by atoms with E-state index in [0.717, 1.165) is 11.3 Å². The monoisotopic (exact) mass is 196 g/mol. The number of rotatable bonds is 1. The van der Waals surface area contributed by atoms with Crippen molar-refractivity contribution < 1.29 is 5.11 Å². The zero-order chi connectivity index (χ0) is 8.39. The first-order valence-corrected chi connectivity index (χ1v) is 3.65. The van der Waals surface area contributed by atoms with Crippen molar-refractivity contribution in [1.82, 2.24) is 10.2 Å². The Balaban J connectivity index is 0.000000845. The number of phenols is 1. The highest BCUT2D eigenvalue weighted by atomic mass is 35.5. The zero-order valence-electron chi connectivity index (χ0n) is 6.77. The highest BCUT2D eigenvalue weighted by Gasteiger charge is 2.02. The van der Waals surface area contributed by atoms with Crippen LogP contribution >= 0.6 is 12.4 Å². The highest BCUT2D eigenvalue weighted by Crippen LogP contribution is 2.25. The van der Waals surface area contributed by atoms with Crippen molar-refractivity contribution in [2.45, 2.75) is 0 Å². The minimum Gasteiger partial charge on any atom is -0.507 e. The van der Waals surface area contributed by atoms with Crippen LogP contribution in [-0.2, 0) is 0 Å². The van der Waals surface area contributed by atoms with Crippen LogP contribution in [0.2, 0.25) is 0 Å². The van der Waals surface area contributed by atoms with E-state index < -0.39 is 0 Å². The van der Waals surface area contributed by atoms with Gasteiger partial charge in [-0.1, -0.05) is 12.1 Å². The number of halogens is 1. The zero-order valence-corrected chi connectivity index (χ0v) is 7.58. The number of H-pyrrole nitrogens is 1. The number of hydrogen-bond donors (Lipinski definition) is 2. The van der Waals surface area contributed by atoms with Gasteiger partial charge in [0.1, 0.15) is 5.75 Å². The van der Waals surface area contributed by atoms with Crippen molar-refractivity contribution >= 4 is 12.4 Å². The Morgan fingerprint density at radius 2 is 1.92 bits per heavy atom. The summed E-state index contributed by atoms with van der Waals surface area (Å²) < 4.78 is 0. The highest BCUT2D eigenvalue weighted by molar-refractivity contribution is 5.85. The maximum Gasteiger partial charge on any atom is 0.124 e. The summed E-state index contributed by atoms with van der Waals surface area (Å²) in [5.74, 6) is 0.266. The second kappa shape index (κ2) is 3.96. The van der Waals surface area contributed by atoms with Crippen molar-refractivity contribution in [3.05, 3.63) is 36.5 Å². The van der Waals surface area contributed by atoms with E-state index in [1.807, 2.05) is 18.2 Å². The summed E-state index contributed by atoms with van der Waals surface area (Å²) >= 11 is 0. The molecular formula is C9H9ClN2O. The smallest absolute Gasteiger partial charge is 0.124 e. The molecule has 1 aromatic carbocycles. The van der Waals surface area contributed by atoms with Crippen molar-refractivity contribution in [1.29, 1.82) is 0 Å². The predicted octanol–water partition coefficient (Wildman–Crippen LogP) is 2.20. The predicted molar refractivity (Wildman–Crippen MR) is 52.9 cm³/mol. The van der Waals surface area contributed by atoms with Crippen molar-refractivity contribution in [2.75, 3.05) is 0 Å². The Hall–Kier alpha value is -1.48. The van der Waals surface area contributed by atoms with E-state index in [-0.39, 0.29) is 18.2 Å². The summed E-state index contributed by atoms with van der Waals surface area (Å²) in [6.45, 7) is 0. The van der Waals surface area contributed by atoms with Crippen LogP contribution in [0.25, 0.3) is 11.3 Å². The molecule has 0 aliphatic carbocycles. The number of aromatic amines is 1. The number of hydrogen-bond acceptors (Lipinski definition) is 2. The number of benzene rings is 1. The van der Waals surface area contributed by atoms with Gasteiger partial charge in [0.2, 0.25) is 0 Å². The summed E-state index contributed by atoms with van der Waals surface area (Å²) in [4.78, 5) is 0. The second-order valence-electron chi connectivity index (χ2n) is 2.49. The average Bonchev–Trinajstić information content (AvgIpc) is 2.57. The topological polar surface area (TPSA) is 48.9 Å². The number of nitrogens with one attached hydrogen (secondary N) is 1. The molecule has 0 unspecified atom stereocenters. The third kappa shape index (κ3) is 1.81. The lowest BCUT2D eigenvalue weighted by molar-refractivity contribution is 0.477. The molecular weight excluding hydrogens is 188 g/mol. The fourth-order valence-electron chi connectivity index (χ4n) is 1.11. The number of aromatic hydroxyl groups is 1. The van der Waals surface area contributed by atoms with Crippen molar-refractivity contribution in [3.63, 3.8) is 0 Å². The Morgan fingerprint density at radius 1 is 1.15 bits per heavy atom. The van der Waals surface area contributed by atoms with E-state index in [1.54, 1.807) is 18.3 Å². The Morgan fingerprint density at radius 3 is 2.54 bits per heavy atom. The van der Waals surface area contributed by atoms with Crippen LogP contribution in [0.5, 0.6) is 5.75 Å². The quantitative estimate of drug-likeness (QED) is 0.735. The van der Waals surface area contributed by atoms with Gasteiger partial charge in [-0.25, -0.2) is 0 Å². The largest absolute Gasteiger partial charge is 0.507 e. The molecule has 68 valence electrons. The molecule has 0 bridgehead atoms. The van der Waals surface area contributed by atoms with E-state index in [4.69, 9.17) is 0 Å². The van der Waals surface area contributed by atoms with Crippen LogP contribution < -0.4 is 0 Å². The molecule has 0 aliphatic heterocycles. The fraction of sp³-hybridized carbons (Fsp3) is 0. The molecule has 0 saturated heterocycles. The SMILES string of the molecule is Cl.Oc1ccccc1-c1ccn[nH]1. The lowest BCUT2D eigenvalue weighted by atomic mass is 10.1. The molecule has 13 heavy (non-hydrogen) atoms. The molecule has 0 spiro atoms. The van der Waals surface area contributed by atoms with E-state index >= 15 is 0 Å². The molecule has 0 atom stereocenters. The average molecular weight is 197 g/mol. The third-order valence-corrected chi connectivity index (χ3v) is 1.69. The van der Waals surface area contributed by atoms with Gasteiger partial charge in [-0.05, 0) is 18.2 Å². The van der Waals surface area contributed by atoms with Gasteiger partial charge >= 0.3 is 0 Å². The summed E-state index contributed by atoms with van der Waals surface area (Å²) in [7, 11) is 0. The second-order valence-corrected chi connectivity index (χ2v) is 2.49. The van der Waals surface area contributed by atoms with Gasteiger partial charge < -0.3 is 5.11 Å². The summed E-state index contributed by atoms with van der Waals surface area (Å²) in [5.41, 5.74) is 1.60. The molecule has 3 nitrogen and oxygen atoms in total. The minimum atomic E-state index is 0. The van der Waals surface area contributed by atoms with Gasteiger partial charge in [-0.15, -0.1) is 12.4 Å².